The largest absolute Gasteiger partial charge is 0.497 e. The maximum atomic E-state index is 13.1. The molecule has 0 saturated heterocycles. The molecule has 0 spiro atoms. The molecule has 2 aromatic rings. The van der Waals surface area contributed by atoms with Crippen LogP contribution in [-0.2, 0) is 0 Å². The van der Waals surface area contributed by atoms with E-state index < -0.39 is 5.95 Å². The summed E-state index contributed by atoms with van der Waals surface area (Å²) in [6, 6.07) is 11.2. The van der Waals surface area contributed by atoms with Crippen LogP contribution in [0, 0.1) is 5.95 Å². The van der Waals surface area contributed by atoms with Crippen LogP contribution in [0.25, 0.3) is 0 Å². The van der Waals surface area contributed by atoms with E-state index in [0.717, 1.165) is 17.0 Å². The first kappa shape index (κ1) is 15.3. The van der Waals surface area contributed by atoms with Crippen molar-refractivity contribution < 1.29 is 9.13 Å². The zero-order valence-corrected chi connectivity index (χ0v) is 12.5. The van der Waals surface area contributed by atoms with E-state index in [1.807, 2.05) is 32.3 Å². The lowest BCUT2D eigenvalue weighted by molar-refractivity contribution is 0.310. The fourth-order valence-corrected chi connectivity index (χ4v) is 2.17. The standard InChI is InChI=1S/C16H20FN3O/c1-20(2)15(12-5-4-6-14(9-12)21-3)11-19-13-7-8-18-16(17)10-13/h4-10,15H,11H2,1-3H3,(H,18,19). The second-order valence-electron chi connectivity index (χ2n) is 5.00. The number of hydrogen-bond acceptors (Lipinski definition) is 4. The first-order valence-corrected chi connectivity index (χ1v) is 6.76. The lowest BCUT2D eigenvalue weighted by Crippen LogP contribution is -2.26. The molecule has 112 valence electrons. The van der Waals surface area contributed by atoms with Crippen LogP contribution in [0.2, 0.25) is 0 Å². The first-order chi connectivity index (χ1) is 10.1. The third kappa shape index (κ3) is 4.16. The summed E-state index contributed by atoms with van der Waals surface area (Å²) in [6.07, 6.45) is 1.45. The average molecular weight is 289 g/mol. The Hall–Kier alpha value is -2.14. The second kappa shape index (κ2) is 7.04. The predicted octanol–water partition coefficient (Wildman–Crippen LogP) is 2.94. The van der Waals surface area contributed by atoms with Crippen LogP contribution < -0.4 is 10.1 Å². The van der Waals surface area contributed by atoms with E-state index in [0.29, 0.717) is 6.54 Å². The van der Waals surface area contributed by atoms with E-state index in [4.69, 9.17) is 4.74 Å². The number of benzene rings is 1. The number of pyridine rings is 1. The summed E-state index contributed by atoms with van der Waals surface area (Å²) >= 11 is 0. The number of hydrogen-bond donors (Lipinski definition) is 1. The van der Waals surface area contributed by atoms with Gasteiger partial charge >= 0.3 is 0 Å². The van der Waals surface area contributed by atoms with E-state index in [9.17, 15) is 4.39 Å². The van der Waals surface area contributed by atoms with Crippen LogP contribution in [-0.4, -0.2) is 37.6 Å². The minimum absolute atomic E-state index is 0.149. The van der Waals surface area contributed by atoms with Crippen LogP contribution >= 0.6 is 0 Å². The predicted molar refractivity (Wildman–Crippen MR) is 82.1 cm³/mol. The van der Waals surface area contributed by atoms with Gasteiger partial charge in [0, 0.05) is 24.5 Å². The van der Waals surface area contributed by atoms with Gasteiger partial charge in [-0.15, -0.1) is 0 Å². The van der Waals surface area contributed by atoms with Gasteiger partial charge in [0.2, 0.25) is 5.95 Å². The molecule has 0 saturated carbocycles. The molecular formula is C16H20FN3O. The van der Waals surface area contributed by atoms with Crippen molar-refractivity contribution in [2.45, 2.75) is 6.04 Å². The van der Waals surface area contributed by atoms with E-state index in [-0.39, 0.29) is 6.04 Å². The quantitative estimate of drug-likeness (QED) is 0.830. The Kier molecular flexibility index (Phi) is 5.11. The van der Waals surface area contributed by atoms with Gasteiger partial charge in [-0.25, -0.2) is 4.98 Å². The Morgan fingerprint density at radius 2 is 2.10 bits per heavy atom. The highest BCUT2D eigenvalue weighted by atomic mass is 19.1. The molecule has 4 nitrogen and oxygen atoms in total. The molecule has 0 aliphatic rings. The molecule has 1 heterocycles. The van der Waals surface area contributed by atoms with Gasteiger partial charge in [0.15, 0.2) is 0 Å². The molecule has 5 heteroatoms. The van der Waals surface area contributed by atoms with Crippen molar-refractivity contribution in [2.24, 2.45) is 0 Å². The van der Waals surface area contributed by atoms with Gasteiger partial charge in [0.1, 0.15) is 5.75 Å². The summed E-state index contributed by atoms with van der Waals surface area (Å²) in [5.74, 6) is 0.345. The van der Waals surface area contributed by atoms with E-state index >= 15 is 0 Å². The third-order valence-electron chi connectivity index (χ3n) is 3.33. The number of aromatic nitrogens is 1. The molecular weight excluding hydrogens is 269 g/mol. The van der Waals surface area contributed by atoms with Gasteiger partial charge in [0.05, 0.1) is 13.2 Å². The molecule has 2 rings (SSSR count). The minimum atomic E-state index is -0.484. The summed E-state index contributed by atoms with van der Waals surface area (Å²) < 4.78 is 18.4. The van der Waals surface area contributed by atoms with Gasteiger partial charge < -0.3 is 15.0 Å². The molecule has 0 aliphatic carbocycles. The minimum Gasteiger partial charge on any atom is -0.497 e. The summed E-state index contributed by atoms with van der Waals surface area (Å²) in [6.45, 7) is 0.656. The molecule has 1 aromatic heterocycles. The Balaban J connectivity index is 2.12. The van der Waals surface area contributed by atoms with E-state index in [1.165, 1.54) is 12.3 Å². The van der Waals surface area contributed by atoms with Crippen molar-refractivity contribution in [2.75, 3.05) is 33.1 Å². The van der Waals surface area contributed by atoms with Crippen molar-refractivity contribution in [3.8, 4) is 5.75 Å². The van der Waals surface area contributed by atoms with Crippen LogP contribution in [0.5, 0.6) is 5.75 Å². The highest BCUT2D eigenvalue weighted by molar-refractivity contribution is 5.42. The Bertz CT molecular complexity index is 589. The maximum absolute atomic E-state index is 13.1. The fourth-order valence-electron chi connectivity index (χ4n) is 2.17. The fraction of sp³-hybridized carbons (Fsp3) is 0.312. The summed E-state index contributed by atoms with van der Waals surface area (Å²) in [5.41, 5.74) is 1.86. The Morgan fingerprint density at radius 1 is 1.29 bits per heavy atom. The summed E-state index contributed by atoms with van der Waals surface area (Å²) in [7, 11) is 5.68. The van der Waals surface area contributed by atoms with Crippen molar-refractivity contribution in [1.82, 2.24) is 9.88 Å². The van der Waals surface area contributed by atoms with Gasteiger partial charge in [-0.2, -0.15) is 4.39 Å². The number of nitrogens with one attached hydrogen (secondary N) is 1. The van der Waals surface area contributed by atoms with E-state index in [1.54, 1.807) is 13.2 Å². The molecule has 1 aromatic carbocycles. The lowest BCUT2D eigenvalue weighted by atomic mass is 10.1. The SMILES string of the molecule is COc1cccc(C(CNc2ccnc(F)c2)N(C)C)c1. The zero-order chi connectivity index (χ0) is 15.2. The number of nitrogens with zero attached hydrogens (tertiary/aromatic N) is 2. The van der Waals surface area contributed by atoms with Crippen LogP contribution in [0.1, 0.15) is 11.6 Å². The van der Waals surface area contributed by atoms with Crippen LogP contribution in [0.4, 0.5) is 10.1 Å². The average Bonchev–Trinajstić information content (AvgIpc) is 2.47. The van der Waals surface area contributed by atoms with Gasteiger partial charge in [-0.3, -0.25) is 0 Å². The number of halogens is 1. The smallest absolute Gasteiger partial charge is 0.214 e. The Labute approximate surface area is 124 Å². The monoisotopic (exact) mass is 289 g/mol. The van der Waals surface area contributed by atoms with Crippen LogP contribution in [0.15, 0.2) is 42.6 Å². The van der Waals surface area contributed by atoms with Crippen molar-refractivity contribution >= 4 is 5.69 Å². The number of anilines is 1. The third-order valence-corrected chi connectivity index (χ3v) is 3.33. The molecule has 0 amide bonds. The van der Waals surface area contributed by atoms with Gasteiger partial charge in [-0.05, 0) is 37.9 Å². The summed E-state index contributed by atoms with van der Waals surface area (Å²) in [5, 5.41) is 3.24. The van der Waals surface area contributed by atoms with Gasteiger partial charge in [-0.1, -0.05) is 12.1 Å². The second-order valence-corrected chi connectivity index (χ2v) is 5.00. The van der Waals surface area contributed by atoms with Crippen molar-refractivity contribution in [1.29, 1.82) is 0 Å². The molecule has 1 N–H and O–H groups in total. The summed E-state index contributed by atoms with van der Waals surface area (Å²) in [4.78, 5) is 5.66. The molecule has 0 radical (unpaired) electrons. The molecule has 1 atom stereocenters. The van der Waals surface area contributed by atoms with E-state index in [2.05, 4.69) is 21.3 Å². The number of rotatable bonds is 6. The number of likely N-dealkylation sites (N-methyl/N-ethyl adjacent to an activating group) is 1. The molecule has 0 fully saturated rings. The molecule has 0 aliphatic heterocycles. The number of ether oxygens (including phenoxy) is 1. The highest BCUT2D eigenvalue weighted by Crippen LogP contribution is 2.23. The molecule has 21 heavy (non-hydrogen) atoms. The first-order valence-electron chi connectivity index (χ1n) is 6.76. The topological polar surface area (TPSA) is 37.4 Å². The normalized spacial score (nSPS) is 12.2. The molecule has 0 bridgehead atoms. The van der Waals surface area contributed by atoms with Crippen LogP contribution in [0.3, 0.4) is 0 Å². The zero-order valence-electron chi connectivity index (χ0n) is 12.5. The van der Waals surface area contributed by atoms with Crippen molar-refractivity contribution in [3.05, 3.63) is 54.1 Å². The Morgan fingerprint density at radius 3 is 2.76 bits per heavy atom. The highest BCUT2D eigenvalue weighted by Gasteiger charge is 2.14. The van der Waals surface area contributed by atoms with Gasteiger partial charge in [0.25, 0.3) is 0 Å². The maximum Gasteiger partial charge on any atom is 0.214 e. The lowest BCUT2D eigenvalue weighted by Gasteiger charge is -2.26. The van der Waals surface area contributed by atoms with Crippen molar-refractivity contribution in [3.63, 3.8) is 0 Å². The molecule has 1 unspecified atom stereocenters. The number of methoxy groups -OCH3 is 1.